The Morgan fingerprint density at radius 1 is 1.00 bits per heavy atom. The predicted molar refractivity (Wildman–Crippen MR) is 109 cm³/mol. The lowest BCUT2D eigenvalue weighted by atomic mass is 10.2. The lowest BCUT2D eigenvalue weighted by Crippen LogP contribution is -1.93. The van der Waals surface area contributed by atoms with Crippen LogP contribution in [0.2, 0.25) is 0 Å². The van der Waals surface area contributed by atoms with Crippen molar-refractivity contribution in [2.45, 2.75) is 6.61 Å². The third kappa shape index (κ3) is 3.14. The quantitative estimate of drug-likeness (QED) is 0.357. The normalized spacial score (nSPS) is 11.3. The topological polar surface area (TPSA) is 65.5 Å². The van der Waals surface area contributed by atoms with Gasteiger partial charge >= 0.3 is 0 Å². The Kier molecular flexibility index (Phi) is 4.01. The maximum absolute atomic E-state index is 5.87. The second-order valence-corrected chi connectivity index (χ2v) is 7.22. The predicted octanol–water partition coefficient (Wildman–Crippen LogP) is 4.72. The molecule has 0 saturated carbocycles. The molecule has 27 heavy (non-hydrogen) atoms. The second kappa shape index (κ2) is 6.66. The number of rotatable bonds is 4. The standard InChI is InChI=1S/C20H13IN4O2/c21-13-5-7-14(8-6-13)26-11-15-9-10-18(27-15)19-23-20-16-3-1-2-4-17(16)22-12-25(20)24-19/h1-10,12H,11H2. The first kappa shape index (κ1) is 16.2. The fourth-order valence-electron chi connectivity index (χ4n) is 2.84. The summed E-state index contributed by atoms with van der Waals surface area (Å²) < 4.78 is 14.5. The number of hydrogen-bond acceptors (Lipinski definition) is 5. The molecule has 0 spiro atoms. The minimum Gasteiger partial charge on any atom is -0.486 e. The van der Waals surface area contributed by atoms with E-state index < -0.39 is 0 Å². The summed E-state index contributed by atoms with van der Waals surface area (Å²) in [5.74, 6) is 2.64. The van der Waals surface area contributed by atoms with E-state index >= 15 is 0 Å². The molecule has 0 saturated heterocycles. The van der Waals surface area contributed by atoms with Crippen LogP contribution in [0.4, 0.5) is 0 Å². The molecule has 0 unspecified atom stereocenters. The van der Waals surface area contributed by atoms with E-state index in [1.807, 2.05) is 60.7 Å². The van der Waals surface area contributed by atoms with E-state index in [4.69, 9.17) is 9.15 Å². The van der Waals surface area contributed by atoms with Crippen molar-refractivity contribution in [2.75, 3.05) is 0 Å². The molecule has 0 bridgehead atoms. The summed E-state index contributed by atoms with van der Waals surface area (Å²) in [7, 11) is 0. The van der Waals surface area contributed by atoms with E-state index in [2.05, 4.69) is 37.7 Å². The minimum atomic E-state index is 0.346. The van der Waals surface area contributed by atoms with Gasteiger partial charge in [0.15, 0.2) is 11.4 Å². The molecule has 0 radical (unpaired) electrons. The lowest BCUT2D eigenvalue weighted by molar-refractivity contribution is 0.271. The molecular formula is C20H13IN4O2. The number of halogens is 1. The summed E-state index contributed by atoms with van der Waals surface area (Å²) in [6, 6.07) is 19.5. The van der Waals surface area contributed by atoms with E-state index in [1.165, 1.54) is 3.57 Å². The zero-order valence-electron chi connectivity index (χ0n) is 14.0. The first-order valence-electron chi connectivity index (χ1n) is 8.34. The van der Waals surface area contributed by atoms with Crippen LogP contribution in [0, 0.1) is 3.57 Å². The average Bonchev–Trinajstić information content (AvgIpc) is 3.34. The highest BCUT2D eigenvalue weighted by atomic mass is 127. The lowest BCUT2D eigenvalue weighted by Gasteiger charge is -2.03. The van der Waals surface area contributed by atoms with Crippen LogP contribution in [0.15, 0.2) is 71.4 Å². The number of aromatic nitrogens is 4. The summed E-state index contributed by atoms with van der Waals surface area (Å²) >= 11 is 2.26. The first-order valence-corrected chi connectivity index (χ1v) is 9.42. The number of benzene rings is 2. The van der Waals surface area contributed by atoms with E-state index in [0.29, 0.717) is 24.0 Å². The zero-order valence-corrected chi connectivity index (χ0v) is 16.2. The van der Waals surface area contributed by atoms with Crippen LogP contribution >= 0.6 is 22.6 Å². The largest absolute Gasteiger partial charge is 0.486 e. The van der Waals surface area contributed by atoms with Gasteiger partial charge in [0, 0.05) is 8.96 Å². The van der Waals surface area contributed by atoms with Gasteiger partial charge in [-0.15, -0.1) is 5.10 Å². The van der Waals surface area contributed by atoms with Crippen LogP contribution in [-0.4, -0.2) is 19.6 Å². The van der Waals surface area contributed by atoms with Crippen molar-refractivity contribution >= 4 is 39.1 Å². The summed E-state index contributed by atoms with van der Waals surface area (Å²) in [6.07, 6.45) is 1.66. The van der Waals surface area contributed by atoms with Gasteiger partial charge in [-0.1, -0.05) is 12.1 Å². The van der Waals surface area contributed by atoms with Crippen molar-refractivity contribution in [3.63, 3.8) is 0 Å². The van der Waals surface area contributed by atoms with Gasteiger partial charge in [0.05, 0.1) is 5.52 Å². The molecule has 2 aromatic carbocycles. The third-order valence-corrected chi connectivity index (χ3v) is 4.88. The van der Waals surface area contributed by atoms with Gasteiger partial charge in [-0.2, -0.15) is 0 Å². The van der Waals surface area contributed by atoms with Crippen LogP contribution in [0.1, 0.15) is 5.76 Å². The van der Waals surface area contributed by atoms with Crippen molar-refractivity contribution < 1.29 is 9.15 Å². The maximum Gasteiger partial charge on any atom is 0.217 e. The molecule has 0 atom stereocenters. The number of fused-ring (bicyclic) bond motifs is 3. The van der Waals surface area contributed by atoms with Crippen LogP contribution in [-0.2, 0) is 6.61 Å². The second-order valence-electron chi connectivity index (χ2n) is 5.97. The van der Waals surface area contributed by atoms with Gasteiger partial charge in [0.2, 0.25) is 5.82 Å². The molecule has 0 N–H and O–H groups in total. The maximum atomic E-state index is 5.87. The van der Waals surface area contributed by atoms with Gasteiger partial charge in [-0.05, 0) is 71.1 Å². The molecule has 132 valence electrons. The van der Waals surface area contributed by atoms with Crippen molar-refractivity contribution in [2.24, 2.45) is 0 Å². The Balaban J connectivity index is 1.42. The van der Waals surface area contributed by atoms with E-state index in [1.54, 1.807) is 10.8 Å². The van der Waals surface area contributed by atoms with Gasteiger partial charge in [-0.25, -0.2) is 14.5 Å². The molecule has 5 aromatic rings. The molecule has 5 rings (SSSR count). The van der Waals surface area contributed by atoms with Gasteiger partial charge in [-0.3, -0.25) is 0 Å². The molecule has 0 amide bonds. The van der Waals surface area contributed by atoms with Crippen molar-refractivity contribution in [3.05, 3.63) is 76.3 Å². The van der Waals surface area contributed by atoms with Crippen molar-refractivity contribution in [3.8, 4) is 17.3 Å². The average molecular weight is 468 g/mol. The fraction of sp³-hybridized carbons (Fsp3) is 0.0500. The first-order chi connectivity index (χ1) is 13.3. The van der Waals surface area contributed by atoms with Crippen LogP contribution in [0.5, 0.6) is 5.75 Å². The molecule has 0 aliphatic heterocycles. The highest BCUT2D eigenvalue weighted by Gasteiger charge is 2.13. The molecule has 3 aromatic heterocycles. The number of ether oxygens (including phenoxy) is 1. The van der Waals surface area contributed by atoms with Crippen molar-refractivity contribution in [1.29, 1.82) is 0 Å². The SMILES string of the molecule is Ic1ccc(OCc2ccc(-c3nc4c5ccccc5ncn4n3)o2)cc1. The Bertz CT molecular complexity index is 1240. The Morgan fingerprint density at radius 3 is 2.74 bits per heavy atom. The van der Waals surface area contributed by atoms with E-state index in [9.17, 15) is 0 Å². The van der Waals surface area contributed by atoms with Crippen LogP contribution < -0.4 is 4.74 Å². The van der Waals surface area contributed by atoms with Gasteiger partial charge < -0.3 is 9.15 Å². The number of hydrogen-bond donors (Lipinski definition) is 0. The molecule has 3 heterocycles. The summed E-state index contributed by atoms with van der Waals surface area (Å²) in [6.45, 7) is 0.346. The number of para-hydroxylation sites is 1. The Hall–Kier alpha value is -2.94. The molecule has 0 aliphatic rings. The fourth-order valence-corrected chi connectivity index (χ4v) is 3.20. The molecule has 0 aliphatic carbocycles. The van der Waals surface area contributed by atoms with Crippen LogP contribution in [0.3, 0.4) is 0 Å². The van der Waals surface area contributed by atoms with E-state index in [0.717, 1.165) is 22.3 Å². The van der Waals surface area contributed by atoms with Gasteiger partial charge in [0.1, 0.15) is 24.4 Å². The highest BCUT2D eigenvalue weighted by molar-refractivity contribution is 14.1. The van der Waals surface area contributed by atoms with Crippen molar-refractivity contribution in [1.82, 2.24) is 19.6 Å². The summed E-state index contributed by atoms with van der Waals surface area (Å²) in [5.41, 5.74) is 1.64. The Labute approximate surface area is 168 Å². The third-order valence-electron chi connectivity index (χ3n) is 4.16. The van der Waals surface area contributed by atoms with E-state index in [-0.39, 0.29) is 0 Å². The molecular weight excluding hydrogens is 455 g/mol. The Morgan fingerprint density at radius 2 is 1.85 bits per heavy atom. The smallest absolute Gasteiger partial charge is 0.217 e. The molecule has 7 heteroatoms. The summed E-state index contributed by atoms with van der Waals surface area (Å²) in [4.78, 5) is 9.03. The molecule has 0 fully saturated rings. The van der Waals surface area contributed by atoms with Crippen LogP contribution in [0.25, 0.3) is 28.1 Å². The minimum absolute atomic E-state index is 0.346. The number of nitrogens with zero attached hydrogens (tertiary/aromatic N) is 4. The zero-order chi connectivity index (χ0) is 18.2. The summed E-state index contributed by atoms with van der Waals surface area (Å²) in [5, 5.41) is 5.43. The molecule has 6 nitrogen and oxygen atoms in total. The monoisotopic (exact) mass is 468 g/mol. The highest BCUT2D eigenvalue weighted by Crippen LogP contribution is 2.23. The van der Waals surface area contributed by atoms with Gasteiger partial charge in [0.25, 0.3) is 0 Å². The number of furan rings is 1.